The number of aromatic nitrogens is 2. The number of hydrogen-bond acceptors (Lipinski definition) is 4. The van der Waals surface area contributed by atoms with Crippen molar-refractivity contribution in [1.29, 1.82) is 0 Å². The molecule has 6 heteroatoms. The molecule has 1 unspecified atom stereocenters. The van der Waals surface area contributed by atoms with Gasteiger partial charge in [0.05, 0.1) is 6.10 Å². The Balaban J connectivity index is 2.02. The topological polar surface area (TPSA) is 75.4 Å². The predicted molar refractivity (Wildman–Crippen MR) is 60.3 cm³/mol. The van der Waals surface area contributed by atoms with E-state index in [2.05, 4.69) is 4.98 Å². The fourth-order valence-corrected chi connectivity index (χ4v) is 1.93. The lowest BCUT2D eigenvalue weighted by atomic mass is 10.1. The Labute approximate surface area is 98.5 Å². The van der Waals surface area contributed by atoms with Gasteiger partial charge in [-0.3, -0.25) is 9.36 Å². The highest BCUT2D eigenvalue weighted by atomic mass is 16.3. The van der Waals surface area contributed by atoms with Crippen LogP contribution in [0, 0.1) is 0 Å². The summed E-state index contributed by atoms with van der Waals surface area (Å²) in [7, 11) is 0. The first-order valence-electron chi connectivity index (χ1n) is 5.64. The molecule has 1 atom stereocenters. The zero-order chi connectivity index (χ0) is 12.3. The summed E-state index contributed by atoms with van der Waals surface area (Å²) in [6.07, 6.45) is 4.02. The number of β-amino-alcohol motifs (C(OH)–C–C–N with tert-alkyl or cyclic N) is 1. The van der Waals surface area contributed by atoms with Crippen molar-refractivity contribution in [2.45, 2.75) is 25.5 Å². The first kappa shape index (κ1) is 11.8. The van der Waals surface area contributed by atoms with E-state index in [1.165, 1.54) is 17.0 Å². The summed E-state index contributed by atoms with van der Waals surface area (Å²) >= 11 is 0. The minimum Gasteiger partial charge on any atom is -0.391 e. The number of amides is 1. The summed E-state index contributed by atoms with van der Waals surface area (Å²) in [5.41, 5.74) is -0.432. The third-order valence-corrected chi connectivity index (χ3v) is 2.84. The third kappa shape index (κ3) is 2.91. The normalized spacial score (nSPS) is 20.3. The molecule has 1 N–H and O–H groups in total. The number of nitrogens with zero attached hydrogens (tertiary/aromatic N) is 3. The molecule has 1 saturated heterocycles. The Morgan fingerprint density at radius 1 is 1.59 bits per heavy atom. The molecule has 6 nitrogen and oxygen atoms in total. The summed E-state index contributed by atoms with van der Waals surface area (Å²) < 4.78 is 1.27. The molecule has 0 aromatic carbocycles. The minimum absolute atomic E-state index is 0.0145. The van der Waals surface area contributed by atoms with Gasteiger partial charge in [-0.1, -0.05) is 0 Å². The van der Waals surface area contributed by atoms with Crippen LogP contribution in [0.3, 0.4) is 0 Å². The summed E-state index contributed by atoms with van der Waals surface area (Å²) in [5, 5.41) is 9.47. The van der Waals surface area contributed by atoms with Gasteiger partial charge in [0.15, 0.2) is 0 Å². The minimum atomic E-state index is -0.446. The Bertz CT molecular complexity index is 457. The largest absolute Gasteiger partial charge is 0.391 e. The van der Waals surface area contributed by atoms with Crippen molar-refractivity contribution in [2.24, 2.45) is 0 Å². The molecule has 1 fully saturated rings. The van der Waals surface area contributed by atoms with Crippen LogP contribution < -0.4 is 5.69 Å². The van der Waals surface area contributed by atoms with E-state index in [1.807, 2.05) is 0 Å². The molecule has 17 heavy (non-hydrogen) atoms. The van der Waals surface area contributed by atoms with Crippen molar-refractivity contribution in [3.05, 3.63) is 28.9 Å². The van der Waals surface area contributed by atoms with Crippen LogP contribution in [0.4, 0.5) is 0 Å². The average Bonchev–Trinajstić information content (AvgIpc) is 2.32. The van der Waals surface area contributed by atoms with Crippen molar-refractivity contribution < 1.29 is 9.90 Å². The number of hydrogen-bond donors (Lipinski definition) is 1. The van der Waals surface area contributed by atoms with Gasteiger partial charge in [0.2, 0.25) is 5.91 Å². The smallest absolute Gasteiger partial charge is 0.347 e. The number of carbonyl (C=O) groups is 1. The summed E-state index contributed by atoms with van der Waals surface area (Å²) in [4.78, 5) is 28.4. The molecule has 1 aromatic rings. The van der Waals surface area contributed by atoms with Crippen molar-refractivity contribution in [3.63, 3.8) is 0 Å². The first-order valence-corrected chi connectivity index (χ1v) is 5.64. The molecule has 0 saturated carbocycles. The lowest BCUT2D eigenvalue weighted by molar-refractivity contribution is -0.134. The Morgan fingerprint density at radius 2 is 2.41 bits per heavy atom. The number of aliphatic hydroxyl groups is 1. The SMILES string of the molecule is O=C(Cn1cccnc1=O)N1CCCC(O)C1. The molecular weight excluding hydrogens is 222 g/mol. The Morgan fingerprint density at radius 3 is 3.12 bits per heavy atom. The van der Waals surface area contributed by atoms with E-state index >= 15 is 0 Å². The number of rotatable bonds is 2. The van der Waals surface area contributed by atoms with Crippen molar-refractivity contribution in [2.75, 3.05) is 13.1 Å². The Kier molecular flexibility index (Phi) is 3.53. The van der Waals surface area contributed by atoms with Gasteiger partial charge in [-0.15, -0.1) is 0 Å². The lowest BCUT2D eigenvalue weighted by Crippen LogP contribution is -2.44. The summed E-state index contributed by atoms with van der Waals surface area (Å²) in [6, 6.07) is 1.61. The van der Waals surface area contributed by atoms with E-state index in [0.717, 1.165) is 12.8 Å². The zero-order valence-electron chi connectivity index (χ0n) is 9.45. The molecule has 1 amide bonds. The molecule has 0 bridgehead atoms. The summed E-state index contributed by atoms with van der Waals surface area (Å²) in [6.45, 7) is 0.984. The zero-order valence-corrected chi connectivity index (χ0v) is 9.45. The summed E-state index contributed by atoms with van der Waals surface area (Å²) in [5.74, 6) is -0.154. The average molecular weight is 237 g/mol. The number of likely N-dealkylation sites (tertiary alicyclic amines) is 1. The molecule has 0 spiro atoms. The molecular formula is C11H15N3O3. The van der Waals surface area contributed by atoms with Crippen LogP contribution in [0.15, 0.2) is 23.3 Å². The van der Waals surface area contributed by atoms with E-state index in [1.54, 1.807) is 11.0 Å². The van der Waals surface area contributed by atoms with Crippen molar-refractivity contribution in [1.82, 2.24) is 14.5 Å². The van der Waals surface area contributed by atoms with Crippen LogP contribution in [0.25, 0.3) is 0 Å². The second-order valence-corrected chi connectivity index (χ2v) is 4.17. The molecule has 2 heterocycles. The lowest BCUT2D eigenvalue weighted by Gasteiger charge is -2.30. The Hall–Kier alpha value is -1.69. The molecule has 92 valence electrons. The number of aliphatic hydroxyl groups excluding tert-OH is 1. The van der Waals surface area contributed by atoms with Crippen molar-refractivity contribution in [3.8, 4) is 0 Å². The van der Waals surface area contributed by atoms with E-state index in [-0.39, 0.29) is 12.5 Å². The van der Waals surface area contributed by atoms with Gasteiger partial charge in [0.25, 0.3) is 0 Å². The molecule has 1 aliphatic rings. The third-order valence-electron chi connectivity index (χ3n) is 2.84. The van der Waals surface area contributed by atoms with Crippen LogP contribution in [0.1, 0.15) is 12.8 Å². The highest BCUT2D eigenvalue weighted by Crippen LogP contribution is 2.10. The van der Waals surface area contributed by atoms with E-state index < -0.39 is 11.8 Å². The first-order chi connectivity index (χ1) is 8.16. The van der Waals surface area contributed by atoms with E-state index in [9.17, 15) is 14.7 Å². The van der Waals surface area contributed by atoms with Crippen LogP contribution in [0.5, 0.6) is 0 Å². The molecule has 2 rings (SSSR count). The van der Waals surface area contributed by atoms with E-state index in [0.29, 0.717) is 13.1 Å². The fraction of sp³-hybridized carbons (Fsp3) is 0.545. The van der Waals surface area contributed by atoms with Gasteiger partial charge in [-0.25, -0.2) is 9.78 Å². The van der Waals surface area contributed by atoms with Crippen molar-refractivity contribution >= 4 is 5.91 Å². The maximum Gasteiger partial charge on any atom is 0.347 e. The molecule has 0 aliphatic carbocycles. The maximum absolute atomic E-state index is 11.9. The highest BCUT2D eigenvalue weighted by molar-refractivity contribution is 5.76. The van der Waals surface area contributed by atoms with Crippen LogP contribution in [0.2, 0.25) is 0 Å². The molecule has 1 aliphatic heterocycles. The molecule has 1 aromatic heterocycles. The maximum atomic E-state index is 11.9. The standard InChI is InChI=1S/C11H15N3O3/c15-9-3-1-5-13(7-9)10(16)8-14-6-2-4-12-11(14)17/h2,4,6,9,15H,1,3,5,7-8H2. The monoisotopic (exact) mass is 237 g/mol. The van der Waals surface area contributed by atoms with Gasteiger partial charge < -0.3 is 10.0 Å². The van der Waals surface area contributed by atoms with Gasteiger partial charge in [0, 0.05) is 25.5 Å². The second kappa shape index (κ2) is 5.09. The van der Waals surface area contributed by atoms with Gasteiger partial charge in [-0.05, 0) is 18.9 Å². The highest BCUT2D eigenvalue weighted by Gasteiger charge is 2.22. The quantitative estimate of drug-likeness (QED) is 0.732. The molecule has 0 radical (unpaired) electrons. The van der Waals surface area contributed by atoms with E-state index in [4.69, 9.17) is 0 Å². The number of piperidine rings is 1. The van der Waals surface area contributed by atoms with Crippen LogP contribution in [-0.2, 0) is 11.3 Å². The van der Waals surface area contributed by atoms with Crippen LogP contribution >= 0.6 is 0 Å². The van der Waals surface area contributed by atoms with Gasteiger partial charge >= 0.3 is 5.69 Å². The van der Waals surface area contributed by atoms with Gasteiger partial charge in [0.1, 0.15) is 6.54 Å². The number of carbonyl (C=O) groups excluding carboxylic acids is 1. The van der Waals surface area contributed by atoms with Gasteiger partial charge in [-0.2, -0.15) is 0 Å². The second-order valence-electron chi connectivity index (χ2n) is 4.17. The van der Waals surface area contributed by atoms with Crippen LogP contribution in [-0.4, -0.2) is 44.7 Å². The predicted octanol–water partition coefficient (Wildman–Crippen LogP) is -0.773. The fourth-order valence-electron chi connectivity index (χ4n) is 1.93.